The third-order valence-electron chi connectivity index (χ3n) is 5.07. The lowest BCUT2D eigenvalue weighted by atomic mass is 9.98. The average molecular weight is 460 g/mol. The predicted octanol–water partition coefficient (Wildman–Crippen LogP) is 3.22. The Labute approximate surface area is 179 Å². The molecule has 1 fully saturated rings. The highest BCUT2D eigenvalue weighted by Crippen LogP contribution is 2.27. The van der Waals surface area contributed by atoms with Gasteiger partial charge in [0.2, 0.25) is 5.91 Å². The van der Waals surface area contributed by atoms with E-state index in [1.54, 1.807) is 31.4 Å². The minimum atomic E-state index is -0.239. The second-order valence-corrected chi connectivity index (χ2v) is 7.92. The molecule has 2 aromatic rings. The number of carbonyl (C=O) groups excluding carboxylic acids is 2. The molecule has 154 valence electrons. The van der Waals surface area contributed by atoms with E-state index in [0.29, 0.717) is 29.5 Å². The Kier molecular flexibility index (Phi) is 7.66. The van der Waals surface area contributed by atoms with E-state index in [1.165, 1.54) is 4.90 Å². The summed E-state index contributed by atoms with van der Waals surface area (Å²) < 4.78 is 5.92. The number of hydrogen-bond acceptors (Lipinski definition) is 4. The lowest BCUT2D eigenvalue weighted by Gasteiger charge is -2.26. The quantitative estimate of drug-likeness (QED) is 0.666. The van der Waals surface area contributed by atoms with Crippen LogP contribution in [0.1, 0.15) is 23.2 Å². The van der Waals surface area contributed by atoms with Gasteiger partial charge in [-0.25, -0.2) is 0 Å². The first-order chi connectivity index (χ1) is 14.1. The van der Waals surface area contributed by atoms with Crippen LogP contribution >= 0.6 is 15.9 Å². The number of nitrogens with one attached hydrogen (secondary N) is 2. The molecule has 0 bridgehead atoms. The number of halogens is 1. The van der Waals surface area contributed by atoms with Crippen LogP contribution in [0, 0.1) is 5.92 Å². The van der Waals surface area contributed by atoms with Gasteiger partial charge in [0.25, 0.3) is 5.91 Å². The van der Waals surface area contributed by atoms with Crippen molar-refractivity contribution in [3.05, 3.63) is 58.6 Å². The van der Waals surface area contributed by atoms with Crippen LogP contribution < -0.4 is 20.3 Å². The largest absolute Gasteiger partial charge is 0.497 e. The topological polar surface area (TPSA) is 70.7 Å². The molecule has 2 N–H and O–H groups in total. The molecule has 2 aromatic carbocycles. The van der Waals surface area contributed by atoms with Crippen LogP contribution in [-0.2, 0) is 4.79 Å². The zero-order chi connectivity index (χ0) is 20.6. The number of para-hydroxylation sites is 1. The smallest absolute Gasteiger partial charge is 0.258 e. The van der Waals surface area contributed by atoms with Gasteiger partial charge in [0.15, 0.2) is 0 Å². The zero-order valence-corrected chi connectivity index (χ0v) is 18.1. The number of carbonyl (C=O) groups is 2. The van der Waals surface area contributed by atoms with Crippen LogP contribution in [0.25, 0.3) is 0 Å². The summed E-state index contributed by atoms with van der Waals surface area (Å²) in [7, 11) is 1.58. The molecule has 0 unspecified atom stereocenters. The minimum absolute atomic E-state index is 0.0432. The predicted molar refractivity (Wildman–Crippen MR) is 117 cm³/mol. The first-order valence-electron chi connectivity index (χ1n) is 9.76. The van der Waals surface area contributed by atoms with Crippen molar-refractivity contribution in [3.63, 3.8) is 0 Å². The Morgan fingerprint density at radius 3 is 2.48 bits per heavy atom. The van der Waals surface area contributed by atoms with Crippen LogP contribution in [-0.4, -0.2) is 45.1 Å². The number of methoxy groups -OCH3 is 1. The molecule has 1 heterocycles. The highest BCUT2D eigenvalue weighted by Gasteiger charge is 2.23. The second kappa shape index (κ2) is 10.4. The average Bonchev–Trinajstić information content (AvgIpc) is 2.77. The van der Waals surface area contributed by atoms with Crippen molar-refractivity contribution < 1.29 is 14.3 Å². The SMILES string of the molecule is COc1ccc(C(=O)N(CC(=O)NCC2CCNCC2)c2ccccc2Br)cc1. The summed E-state index contributed by atoms with van der Waals surface area (Å²) in [5, 5.41) is 6.32. The van der Waals surface area contributed by atoms with E-state index >= 15 is 0 Å². The van der Waals surface area contributed by atoms with Gasteiger partial charge in [-0.15, -0.1) is 0 Å². The Bertz CT molecular complexity index is 835. The van der Waals surface area contributed by atoms with Crippen LogP contribution in [0.5, 0.6) is 5.75 Å². The van der Waals surface area contributed by atoms with Crippen molar-refractivity contribution in [1.29, 1.82) is 0 Å². The summed E-state index contributed by atoms with van der Waals surface area (Å²) in [6.07, 6.45) is 2.11. The van der Waals surface area contributed by atoms with Gasteiger partial charge in [-0.1, -0.05) is 12.1 Å². The molecular formula is C22H26BrN3O3. The maximum atomic E-state index is 13.2. The van der Waals surface area contributed by atoms with E-state index in [0.717, 1.165) is 30.4 Å². The summed E-state index contributed by atoms with van der Waals surface area (Å²) >= 11 is 3.50. The molecule has 0 saturated carbocycles. The Morgan fingerprint density at radius 1 is 1.14 bits per heavy atom. The van der Waals surface area contributed by atoms with Gasteiger partial charge in [-0.2, -0.15) is 0 Å². The molecule has 3 rings (SSSR count). The van der Waals surface area contributed by atoms with Gasteiger partial charge >= 0.3 is 0 Å². The normalized spacial score (nSPS) is 14.3. The van der Waals surface area contributed by atoms with E-state index in [9.17, 15) is 9.59 Å². The molecule has 1 aliphatic rings. The summed E-state index contributed by atoms with van der Waals surface area (Å²) in [6.45, 7) is 2.57. The van der Waals surface area contributed by atoms with Gasteiger partial charge in [0.1, 0.15) is 12.3 Å². The first kappa shape index (κ1) is 21.3. The summed E-state index contributed by atoms with van der Waals surface area (Å²) in [5.74, 6) is 0.751. The monoisotopic (exact) mass is 459 g/mol. The maximum Gasteiger partial charge on any atom is 0.258 e. The van der Waals surface area contributed by atoms with Crippen molar-refractivity contribution in [2.45, 2.75) is 12.8 Å². The third kappa shape index (κ3) is 5.81. The number of amides is 2. The van der Waals surface area contributed by atoms with E-state index in [4.69, 9.17) is 4.74 Å². The number of hydrogen-bond donors (Lipinski definition) is 2. The van der Waals surface area contributed by atoms with Crippen molar-refractivity contribution in [2.75, 3.05) is 38.2 Å². The summed E-state index contributed by atoms with van der Waals surface area (Å²) in [6, 6.07) is 14.3. The van der Waals surface area contributed by atoms with Crippen LogP contribution in [0.2, 0.25) is 0 Å². The number of benzene rings is 2. The molecule has 6 nitrogen and oxygen atoms in total. The Morgan fingerprint density at radius 2 is 1.83 bits per heavy atom. The van der Waals surface area contributed by atoms with Crippen molar-refractivity contribution >= 4 is 33.4 Å². The molecule has 29 heavy (non-hydrogen) atoms. The number of rotatable bonds is 7. The highest BCUT2D eigenvalue weighted by atomic mass is 79.9. The first-order valence-corrected chi connectivity index (χ1v) is 10.6. The van der Waals surface area contributed by atoms with E-state index in [1.807, 2.05) is 24.3 Å². The summed E-state index contributed by atoms with van der Waals surface area (Å²) in [5.41, 5.74) is 1.15. The van der Waals surface area contributed by atoms with Gasteiger partial charge in [-0.05, 0) is 84.2 Å². The standard InChI is InChI=1S/C22H26BrN3O3/c1-29-18-8-6-17(7-9-18)22(28)26(20-5-3-2-4-19(20)23)15-21(27)25-14-16-10-12-24-13-11-16/h2-9,16,24H,10-15H2,1H3,(H,25,27). The summed E-state index contributed by atoms with van der Waals surface area (Å²) in [4.78, 5) is 27.4. The fourth-order valence-electron chi connectivity index (χ4n) is 3.37. The Balaban J connectivity index is 1.74. The maximum absolute atomic E-state index is 13.2. The van der Waals surface area contributed by atoms with Crippen molar-refractivity contribution in [1.82, 2.24) is 10.6 Å². The Hall–Kier alpha value is -2.38. The molecule has 0 aliphatic carbocycles. The van der Waals surface area contributed by atoms with Gasteiger partial charge in [0, 0.05) is 16.6 Å². The molecule has 1 aliphatic heterocycles. The minimum Gasteiger partial charge on any atom is -0.497 e. The fourth-order valence-corrected chi connectivity index (χ4v) is 3.87. The van der Waals surface area contributed by atoms with Gasteiger partial charge in [-0.3, -0.25) is 14.5 Å². The third-order valence-corrected chi connectivity index (χ3v) is 5.74. The molecule has 7 heteroatoms. The number of nitrogens with zero attached hydrogens (tertiary/aromatic N) is 1. The van der Waals surface area contributed by atoms with Crippen molar-refractivity contribution in [3.8, 4) is 5.75 Å². The second-order valence-electron chi connectivity index (χ2n) is 7.07. The lowest BCUT2D eigenvalue weighted by molar-refractivity contribution is -0.119. The van der Waals surface area contributed by atoms with Gasteiger partial charge < -0.3 is 15.4 Å². The molecule has 1 saturated heterocycles. The van der Waals surface area contributed by atoms with Crippen LogP contribution in [0.3, 0.4) is 0 Å². The number of ether oxygens (including phenoxy) is 1. The van der Waals surface area contributed by atoms with E-state index in [2.05, 4.69) is 26.6 Å². The molecule has 2 amide bonds. The number of piperidine rings is 1. The molecule has 0 atom stereocenters. The zero-order valence-electron chi connectivity index (χ0n) is 16.5. The lowest BCUT2D eigenvalue weighted by Crippen LogP contribution is -2.43. The van der Waals surface area contributed by atoms with E-state index < -0.39 is 0 Å². The molecule has 0 radical (unpaired) electrons. The molecule has 0 spiro atoms. The number of anilines is 1. The molecule has 0 aromatic heterocycles. The van der Waals surface area contributed by atoms with Gasteiger partial charge in [0.05, 0.1) is 12.8 Å². The van der Waals surface area contributed by atoms with E-state index in [-0.39, 0.29) is 18.4 Å². The highest BCUT2D eigenvalue weighted by molar-refractivity contribution is 9.10. The van der Waals surface area contributed by atoms with Crippen LogP contribution in [0.15, 0.2) is 53.0 Å². The van der Waals surface area contributed by atoms with Crippen molar-refractivity contribution in [2.24, 2.45) is 5.92 Å². The van der Waals surface area contributed by atoms with Crippen LogP contribution in [0.4, 0.5) is 5.69 Å². The fraction of sp³-hybridized carbons (Fsp3) is 0.364. The molecular weight excluding hydrogens is 434 g/mol.